The summed E-state index contributed by atoms with van der Waals surface area (Å²) in [5, 5.41) is 13.6. The van der Waals surface area contributed by atoms with Crippen LogP contribution in [-0.4, -0.2) is 30.1 Å². The van der Waals surface area contributed by atoms with Gasteiger partial charge in [0.05, 0.1) is 0 Å². The zero-order valence-corrected chi connectivity index (χ0v) is 11.8. The van der Waals surface area contributed by atoms with Crippen LogP contribution in [0.3, 0.4) is 0 Å². The summed E-state index contributed by atoms with van der Waals surface area (Å²) < 4.78 is 0. The second kappa shape index (κ2) is 9.09. The molecule has 0 unspecified atom stereocenters. The minimum atomic E-state index is -0.691. The van der Waals surface area contributed by atoms with E-state index in [0.717, 1.165) is 19.3 Å². The summed E-state index contributed by atoms with van der Waals surface area (Å²) in [6, 6.07) is 7.50. The first-order chi connectivity index (χ1) is 9.67. The maximum atomic E-state index is 11.6. The van der Waals surface area contributed by atoms with Crippen LogP contribution in [0.25, 0.3) is 0 Å². The normalized spacial score (nSPS) is 10.1. The van der Waals surface area contributed by atoms with E-state index in [9.17, 15) is 9.59 Å². The topological polar surface area (TPSA) is 78.4 Å². The van der Waals surface area contributed by atoms with Crippen molar-refractivity contribution in [1.29, 1.82) is 0 Å². The maximum absolute atomic E-state index is 11.6. The molecule has 0 aliphatic rings. The van der Waals surface area contributed by atoms with Gasteiger partial charge in [0, 0.05) is 18.8 Å². The average molecular weight is 278 g/mol. The van der Waals surface area contributed by atoms with Gasteiger partial charge in [-0.25, -0.2) is 0 Å². The Bertz CT molecular complexity index is 429. The third-order valence-corrected chi connectivity index (χ3v) is 2.86. The molecule has 0 heterocycles. The van der Waals surface area contributed by atoms with Gasteiger partial charge in [0.25, 0.3) is 0 Å². The van der Waals surface area contributed by atoms with E-state index >= 15 is 0 Å². The van der Waals surface area contributed by atoms with Gasteiger partial charge in [-0.2, -0.15) is 0 Å². The summed E-state index contributed by atoms with van der Waals surface area (Å²) in [5.41, 5.74) is 1.82. The summed E-state index contributed by atoms with van der Waals surface area (Å²) in [6.45, 7) is 2.42. The average Bonchev–Trinajstić information content (AvgIpc) is 2.46. The zero-order chi connectivity index (χ0) is 14.8. The second-order valence-corrected chi connectivity index (χ2v) is 4.59. The summed E-state index contributed by atoms with van der Waals surface area (Å²) in [5.74, 6) is -1.38. The lowest BCUT2D eigenvalue weighted by Gasteiger charge is -2.07. The van der Waals surface area contributed by atoms with Gasteiger partial charge in [-0.3, -0.25) is 9.59 Å². The molecule has 1 aromatic rings. The monoisotopic (exact) mass is 278 g/mol. The number of carbonyl (C=O) groups is 2. The molecule has 5 nitrogen and oxygen atoms in total. The quantitative estimate of drug-likeness (QED) is 0.522. The number of benzene rings is 1. The number of hydrogen-bond acceptors (Lipinski definition) is 3. The van der Waals surface area contributed by atoms with Gasteiger partial charge in [-0.1, -0.05) is 25.5 Å². The second-order valence-electron chi connectivity index (χ2n) is 4.59. The Morgan fingerprint density at radius 2 is 1.80 bits per heavy atom. The van der Waals surface area contributed by atoms with Gasteiger partial charge in [0.2, 0.25) is 0 Å². The van der Waals surface area contributed by atoms with Crippen LogP contribution < -0.4 is 10.6 Å². The van der Waals surface area contributed by atoms with Crippen LogP contribution in [0.1, 0.15) is 31.7 Å². The molecule has 2 amide bonds. The summed E-state index contributed by atoms with van der Waals surface area (Å²) in [4.78, 5) is 23.0. The largest absolute Gasteiger partial charge is 0.396 e. The summed E-state index contributed by atoms with van der Waals surface area (Å²) in [6.07, 6.45) is 3.74. The molecule has 0 fully saturated rings. The first kappa shape index (κ1) is 16.2. The van der Waals surface area contributed by atoms with Crippen molar-refractivity contribution < 1.29 is 14.7 Å². The lowest BCUT2D eigenvalue weighted by molar-refractivity contribution is -0.136. The molecule has 0 atom stereocenters. The van der Waals surface area contributed by atoms with Gasteiger partial charge in [-0.05, 0) is 37.0 Å². The standard InChI is InChI=1S/C15H22N2O3/c1-2-3-5-12-6-8-13(9-7-12)17-15(20)14(19)16-10-4-11-18/h6-9,18H,2-5,10-11H2,1H3,(H,16,19)(H,17,20). The van der Waals surface area contributed by atoms with Gasteiger partial charge < -0.3 is 15.7 Å². The Labute approximate surface area is 119 Å². The van der Waals surface area contributed by atoms with E-state index in [1.807, 2.05) is 12.1 Å². The highest BCUT2D eigenvalue weighted by Gasteiger charge is 2.12. The third-order valence-electron chi connectivity index (χ3n) is 2.86. The van der Waals surface area contributed by atoms with E-state index in [-0.39, 0.29) is 6.61 Å². The lowest BCUT2D eigenvalue weighted by Crippen LogP contribution is -2.36. The number of anilines is 1. The lowest BCUT2D eigenvalue weighted by atomic mass is 10.1. The van der Waals surface area contributed by atoms with E-state index in [0.29, 0.717) is 18.7 Å². The number of aliphatic hydroxyl groups excluding tert-OH is 1. The molecule has 110 valence electrons. The summed E-state index contributed by atoms with van der Waals surface area (Å²) >= 11 is 0. The van der Waals surface area contributed by atoms with Gasteiger partial charge in [-0.15, -0.1) is 0 Å². The Balaban J connectivity index is 2.43. The van der Waals surface area contributed by atoms with Crippen LogP contribution in [0.5, 0.6) is 0 Å². The van der Waals surface area contributed by atoms with E-state index < -0.39 is 11.8 Å². The van der Waals surface area contributed by atoms with E-state index in [4.69, 9.17) is 5.11 Å². The molecule has 0 saturated heterocycles. The Morgan fingerprint density at radius 1 is 1.10 bits per heavy atom. The van der Waals surface area contributed by atoms with Gasteiger partial charge >= 0.3 is 11.8 Å². The molecule has 0 aromatic heterocycles. The molecule has 0 aliphatic heterocycles. The van der Waals surface area contributed by atoms with Crippen molar-refractivity contribution in [3.8, 4) is 0 Å². The highest BCUT2D eigenvalue weighted by molar-refractivity contribution is 6.39. The Morgan fingerprint density at radius 3 is 2.40 bits per heavy atom. The fourth-order valence-corrected chi connectivity index (χ4v) is 1.68. The van der Waals surface area contributed by atoms with Crippen molar-refractivity contribution >= 4 is 17.5 Å². The Kier molecular flexibility index (Phi) is 7.35. The first-order valence-electron chi connectivity index (χ1n) is 6.96. The molecular weight excluding hydrogens is 256 g/mol. The number of unbranched alkanes of at least 4 members (excludes halogenated alkanes) is 1. The predicted octanol–water partition coefficient (Wildman–Crippen LogP) is 1.47. The molecule has 0 radical (unpaired) electrons. The minimum absolute atomic E-state index is 0.0128. The van der Waals surface area contributed by atoms with Crippen LogP contribution in [0, 0.1) is 0 Å². The molecule has 20 heavy (non-hydrogen) atoms. The molecule has 3 N–H and O–H groups in total. The number of carbonyl (C=O) groups excluding carboxylic acids is 2. The van der Waals surface area contributed by atoms with Crippen molar-refractivity contribution in [2.45, 2.75) is 32.6 Å². The number of aryl methyl sites for hydroxylation is 1. The third kappa shape index (κ3) is 5.84. The van der Waals surface area contributed by atoms with Gasteiger partial charge in [0.1, 0.15) is 0 Å². The Hall–Kier alpha value is -1.88. The molecule has 5 heteroatoms. The van der Waals surface area contributed by atoms with E-state index in [2.05, 4.69) is 17.6 Å². The van der Waals surface area contributed by atoms with Crippen LogP contribution in [0.2, 0.25) is 0 Å². The van der Waals surface area contributed by atoms with Gasteiger partial charge in [0.15, 0.2) is 0 Å². The van der Waals surface area contributed by atoms with Crippen LogP contribution in [-0.2, 0) is 16.0 Å². The molecule has 1 rings (SSSR count). The molecule has 0 saturated carbocycles. The van der Waals surface area contributed by atoms with Crippen molar-refractivity contribution in [2.24, 2.45) is 0 Å². The van der Waals surface area contributed by atoms with Crippen LogP contribution in [0.15, 0.2) is 24.3 Å². The molecule has 0 spiro atoms. The molecular formula is C15H22N2O3. The van der Waals surface area contributed by atoms with E-state index in [1.165, 1.54) is 5.56 Å². The SMILES string of the molecule is CCCCc1ccc(NC(=O)C(=O)NCCCO)cc1. The van der Waals surface area contributed by atoms with Crippen LogP contribution in [0.4, 0.5) is 5.69 Å². The molecule has 0 aliphatic carbocycles. The van der Waals surface area contributed by atoms with Crippen molar-refractivity contribution in [2.75, 3.05) is 18.5 Å². The highest BCUT2D eigenvalue weighted by atomic mass is 16.3. The zero-order valence-electron chi connectivity index (χ0n) is 11.8. The number of aliphatic hydroxyl groups is 1. The highest BCUT2D eigenvalue weighted by Crippen LogP contribution is 2.11. The molecule has 0 bridgehead atoms. The van der Waals surface area contributed by atoms with E-state index in [1.54, 1.807) is 12.1 Å². The van der Waals surface area contributed by atoms with Crippen LogP contribution >= 0.6 is 0 Å². The number of amides is 2. The maximum Gasteiger partial charge on any atom is 0.313 e. The summed E-state index contributed by atoms with van der Waals surface area (Å²) in [7, 11) is 0. The smallest absolute Gasteiger partial charge is 0.313 e. The fourth-order valence-electron chi connectivity index (χ4n) is 1.68. The fraction of sp³-hybridized carbons (Fsp3) is 0.467. The van der Waals surface area contributed by atoms with Crippen molar-refractivity contribution in [3.05, 3.63) is 29.8 Å². The number of hydrogen-bond donors (Lipinski definition) is 3. The number of nitrogens with one attached hydrogen (secondary N) is 2. The predicted molar refractivity (Wildman–Crippen MR) is 78.4 cm³/mol. The minimum Gasteiger partial charge on any atom is -0.396 e. The van der Waals surface area contributed by atoms with Crippen molar-refractivity contribution in [3.63, 3.8) is 0 Å². The first-order valence-corrected chi connectivity index (χ1v) is 6.96. The number of rotatable bonds is 7. The molecule has 1 aromatic carbocycles. The van der Waals surface area contributed by atoms with Crippen molar-refractivity contribution in [1.82, 2.24) is 5.32 Å².